The molecule has 1 aliphatic heterocycles. The fourth-order valence-electron chi connectivity index (χ4n) is 5.56. The highest BCUT2D eigenvalue weighted by Gasteiger charge is 2.49. The van der Waals surface area contributed by atoms with Crippen molar-refractivity contribution in [2.75, 3.05) is 25.5 Å². The van der Waals surface area contributed by atoms with Crippen LogP contribution in [-0.2, 0) is 0 Å². The van der Waals surface area contributed by atoms with Crippen LogP contribution in [0.4, 0.5) is 10.3 Å². The Bertz CT molecular complexity index is 1140. The van der Waals surface area contributed by atoms with E-state index in [-0.39, 0.29) is 11.7 Å². The Morgan fingerprint density at radius 3 is 2.81 bits per heavy atom. The number of methoxy groups -OCH3 is 1. The maximum absolute atomic E-state index is 14.8. The monoisotopic (exact) mass is 437 g/mol. The summed E-state index contributed by atoms with van der Waals surface area (Å²) < 4.78 is 22.2. The summed E-state index contributed by atoms with van der Waals surface area (Å²) in [5, 5.41) is 11.6. The molecule has 3 aromatic rings. The summed E-state index contributed by atoms with van der Waals surface area (Å²) in [5.74, 6) is 1.06. The van der Waals surface area contributed by atoms with Crippen molar-refractivity contribution in [3.8, 4) is 17.1 Å². The van der Waals surface area contributed by atoms with E-state index in [0.29, 0.717) is 28.6 Å². The van der Waals surface area contributed by atoms with Crippen molar-refractivity contribution < 1.29 is 9.13 Å². The summed E-state index contributed by atoms with van der Waals surface area (Å²) in [7, 11) is 1.67. The molecule has 2 saturated carbocycles. The minimum absolute atomic E-state index is 0.200. The number of fused-ring (bicyclic) bond motifs is 1. The quantitative estimate of drug-likeness (QED) is 0.631. The second kappa shape index (κ2) is 7.65. The fourth-order valence-corrected chi connectivity index (χ4v) is 5.56. The molecule has 2 N–H and O–H groups in total. The molecule has 3 aromatic heterocycles. The van der Waals surface area contributed by atoms with Gasteiger partial charge in [-0.2, -0.15) is 5.10 Å². The predicted molar refractivity (Wildman–Crippen MR) is 118 cm³/mol. The molecule has 3 aliphatic rings. The van der Waals surface area contributed by atoms with E-state index in [1.807, 2.05) is 6.07 Å². The van der Waals surface area contributed by atoms with Crippen LogP contribution in [0, 0.1) is 11.2 Å². The van der Waals surface area contributed by atoms with Crippen molar-refractivity contribution in [1.29, 1.82) is 0 Å². The number of ether oxygens (including phenoxy) is 1. The van der Waals surface area contributed by atoms with Gasteiger partial charge < -0.3 is 15.4 Å². The van der Waals surface area contributed by atoms with Crippen molar-refractivity contribution >= 4 is 11.6 Å². The number of aromatic nitrogens is 5. The Morgan fingerprint density at radius 2 is 2.09 bits per heavy atom. The van der Waals surface area contributed by atoms with Crippen LogP contribution >= 0.6 is 0 Å². The molecule has 0 radical (unpaired) electrons. The molecule has 0 aromatic carbocycles. The molecule has 32 heavy (non-hydrogen) atoms. The summed E-state index contributed by atoms with van der Waals surface area (Å²) in [6, 6.07) is 2.12. The lowest BCUT2D eigenvalue weighted by atomic mass is 9.51. The molecule has 4 heterocycles. The Kier molecular flexibility index (Phi) is 4.74. The number of hydrogen-bond donors (Lipinski definition) is 2. The zero-order valence-corrected chi connectivity index (χ0v) is 18.3. The third-order valence-corrected chi connectivity index (χ3v) is 7.48. The molecule has 8 nitrogen and oxygen atoms in total. The number of rotatable bonds is 5. The number of hydrogen-bond acceptors (Lipinski definition) is 7. The molecule has 1 spiro atoms. The highest BCUT2D eigenvalue weighted by molar-refractivity contribution is 5.62. The van der Waals surface area contributed by atoms with Gasteiger partial charge in [0.05, 0.1) is 19.5 Å². The summed E-state index contributed by atoms with van der Waals surface area (Å²) in [6.07, 6.45) is 11.2. The number of imidazole rings is 1. The first-order valence-corrected chi connectivity index (χ1v) is 11.6. The second-order valence-corrected chi connectivity index (χ2v) is 9.55. The van der Waals surface area contributed by atoms with Crippen molar-refractivity contribution in [3.63, 3.8) is 0 Å². The van der Waals surface area contributed by atoms with Gasteiger partial charge in [0.1, 0.15) is 22.8 Å². The average Bonchev–Trinajstić information content (AvgIpc) is 3.16. The van der Waals surface area contributed by atoms with Gasteiger partial charge in [-0.05, 0) is 50.5 Å². The van der Waals surface area contributed by atoms with Crippen LogP contribution < -0.4 is 15.4 Å². The first-order chi connectivity index (χ1) is 15.6. The van der Waals surface area contributed by atoms with Gasteiger partial charge in [0.15, 0.2) is 11.5 Å². The SMILES string of the molecule is COc1cc2ncc(-c3nc(N[C@@H]4CCCNC4)ncc3F)n2nc1C1CC2(CCC2)C1. The van der Waals surface area contributed by atoms with Crippen LogP contribution in [0.25, 0.3) is 17.0 Å². The highest BCUT2D eigenvalue weighted by atomic mass is 19.1. The normalized spacial score (nSPS) is 22.5. The van der Waals surface area contributed by atoms with Crippen LogP contribution in [0.5, 0.6) is 5.75 Å². The molecule has 3 fully saturated rings. The standard InChI is InChI=1S/C23H28FN7O/c1-32-18-8-19-26-13-17(31(19)30-20(18)14-9-23(10-14)5-3-6-23)21-16(24)12-27-22(29-21)28-15-4-2-7-25-11-15/h8,12-15,25H,2-7,9-11H2,1H3,(H,27,28,29)/t15-/m1/s1. The maximum Gasteiger partial charge on any atom is 0.223 e. The number of anilines is 1. The van der Waals surface area contributed by atoms with E-state index in [9.17, 15) is 4.39 Å². The zero-order valence-electron chi connectivity index (χ0n) is 18.3. The molecule has 6 rings (SSSR count). The number of nitrogens with one attached hydrogen (secondary N) is 2. The first kappa shape index (κ1) is 19.8. The molecule has 0 bridgehead atoms. The molecule has 1 atom stereocenters. The lowest BCUT2D eigenvalue weighted by Gasteiger charge is -2.54. The van der Waals surface area contributed by atoms with E-state index in [2.05, 4.69) is 25.6 Å². The van der Waals surface area contributed by atoms with Crippen LogP contribution in [0.1, 0.15) is 56.6 Å². The van der Waals surface area contributed by atoms with Gasteiger partial charge in [-0.15, -0.1) is 0 Å². The molecule has 2 aliphatic carbocycles. The van der Waals surface area contributed by atoms with E-state index < -0.39 is 5.82 Å². The van der Waals surface area contributed by atoms with Crippen LogP contribution in [0.3, 0.4) is 0 Å². The molecule has 0 amide bonds. The Balaban J connectivity index is 1.35. The van der Waals surface area contributed by atoms with Crippen LogP contribution in [0.2, 0.25) is 0 Å². The smallest absolute Gasteiger partial charge is 0.223 e. The highest BCUT2D eigenvalue weighted by Crippen LogP contribution is 2.62. The van der Waals surface area contributed by atoms with Gasteiger partial charge in [0.2, 0.25) is 5.95 Å². The first-order valence-electron chi connectivity index (χ1n) is 11.6. The molecule has 1 saturated heterocycles. The molecule has 168 valence electrons. The molecular weight excluding hydrogens is 409 g/mol. The van der Waals surface area contributed by atoms with Gasteiger partial charge >= 0.3 is 0 Å². The van der Waals surface area contributed by atoms with Gasteiger partial charge in [-0.25, -0.2) is 23.9 Å². The van der Waals surface area contributed by atoms with Gasteiger partial charge in [0.25, 0.3) is 0 Å². The van der Waals surface area contributed by atoms with Crippen LogP contribution in [0.15, 0.2) is 18.5 Å². The minimum atomic E-state index is -0.490. The van der Waals surface area contributed by atoms with Crippen molar-refractivity contribution in [1.82, 2.24) is 29.9 Å². The largest absolute Gasteiger partial charge is 0.495 e. The third-order valence-electron chi connectivity index (χ3n) is 7.48. The van der Waals surface area contributed by atoms with E-state index in [1.165, 1.54) is 25.5 Å². The third kappa shape index (κ3) is 3.30. The summed E-state index contributed by atoms with van der Waals surface area (Å²) in [5.41, 5.74) is 2.79. The Labute approximate surface area is 186 Å². The molecule has 9 heteroatoms. The van der Waals surface area contributed by atoms with Crippen molar-refractivity contribution in [2.45, 2.75) is 56.9 Å². The number of nitrogens with zero attached hydrogens (tertiary/aromatic N) is 5. The van der Waals surface area contributed by atoms with Gasteiger partial charge in [-0.3, -0.25) is 0 Å². The van der Waals surface area contributed by atoms with E-state index in [4.69, 9.17) is 9.84 Å². The summed E-state index contributed by atoms with van der Waals surface area (Å²) in [4.78, 5) is 13.1. The predicted octanol–water partition coefficient (Wildman–Crippen LogP) is 3.55. The lowest BCUT2D eigenvalue weighted by molar-refractivity contribution is 0.00648. The number of piperidine rings is 1. The zero-order chi connectivity index (χ0) is 21.7. The van der Waals surface area contributed by atoms with E-state index >= 15 is 0 Å². The second-order valence-electron chi connectivity index (χ2n) is 9.55. The summed E-state index contributed by atoms with van der Waals surface area (Å²) in [6.45, 7) is 1.87. The fraction of sp³-hybridized carbons (Fsp3) is 0.565. The van der Waals surface area contributed by atoms with Gasteiger partial charge in [0, 0.05) is 24.6 Å². The van der Waals surface area contributed by atoms with Crippen LogP contribution in [-0.4, -0.2) is 50.8 Å². The molecule has 0 unspecified atom stereocenters. The minimum Gasteiger partial charge on any atom is -0.495 e. The topological polar surface area (TPSA) is 89.3 Å². The van der Waals surface area contributed by atoms with Gasteiger partial charge in [-0.1, -0.05) is 6.42 Å². The Morgan fingerprint density at radius 1 is 1.22 bits per heavy atom. The van der Waals surface area contributed by atoms with E-state index in [1.54, 1.807) is 17.8 Å². The number of halogens is 1. The average molecular weight is 438 g/mol. The Hall–Kier alpha value is -2.81. The lowest BCUT2D eigenvalue weighted by Crippen LogP contribution is -2.41. The van der Waals surface area contributed by atoms with Crippen molar-refractivity contribution in [2.24, 2.45) is 5.41 Å². The maximum atomic E-state index is 14.8. The van der Waals surface area contributed by atoms with Crippen molar-refractivity contribution in [3.05, 3.63) is 30.0 Å². The van der Waals surface area contributed by atoms with E-state index in [0.717, 1.165) is 50.2 Å². The summed E-state index contributed by atoms with van der Waals surface area (Å²) >= 11 is 0. The molecular formula is C23H28FN7O.